The Bertz CT molecular complexity index is 725. The van der Waals surface area contributed by atoms with Gasteiger partial charge in [0.25, 0.3) is 0 Å². The van der Waals surface area contributed by atoms with E-state index in [1.165, 1.54) is 0 Å². The molecule has 0 bridgehead atoms. The minimum absolute atomic E-state index is 0.226. The van der Waals surface area contributed by atoms with E-state index in [2.05, 4.69) is 33.7 Å². The average Bonchev–Trinajstić information content (AvgIpc) is 3.09. The molecule has 1 unspecified atom stereocenters. The van der Waals surface area contributed by atoms with Gasteiger partial charge in [0.15, 0.2) is 4.77 Å². The van der Waals surface area contributed by atoms with Crippen LogP contribution in [0, 0.1) is 4.77 Å². The standard InChI is InChI=1S/C15H16N4S/c1-12(11-18-9-5-8-17-18)19-14(10-16-15(19)20)13-6-3-2-4-7-13/h2-10,12H,11H2,1H3,(H,16,20). The largest absolute Gasteiger partial charge is 0.337 e. The quantitative estimate of drug-likeness (QED) is 0.742. The van der Waals surface area contributed by atoms with E-state index in [0.29, 0.717) is 0 Å². The number of rotatable bonds is 4. The second kappa shape index (κ2) is 5.46. The number of nitrogens with one attached hydrogen (secondary N) is 1. The first-order valence-electron chi connectivity index (χ1n) is 6.58. The van der Waals surface area contributed by atoms with Crippen LogP contribution in [0.1, 0.15) is 13.0 Å². The summed E-state index contributed by atoms with van der Waals surface area (Å²) in [6, 6.07) is 12.4. The van der Waals surface area contributed by atoms with Crippen LogP contribution in [0.3, 0.4) is 0 Å². The molecule has 1 aromatic carbocycles. The molecule has 2 heterocycles. The maximum Gasteiger partial charge on any atom is 0.177 e. The van der Waals surface area contributed by atoms with Crippen molar-refractivity contribution in [2.24, 2.45) is 0 Å². The van der Waals surface area contributed by atoms with Gasteiger partial charge in [0, 0.05) is 18.6 Å². The molecule has 0 aliphatic carbocycles. The lowest BCUT2D eigenvalue weighted by molar-refractivity contribution is 0.437. The summed E-state index contributed by atoms with van der Waals surface area (Å²) in [4.78, 5) is 3.14. The van der Waals surface area contributed by atoms with Crippen LogP contribution in [-0.2, 0) is 6.54 Å². The van der Waals surface area contributed by atoms with Crippen molar-refractivity contribution >= 4 is 12.2 Å². The van der Waals surface area contributed by atoms with Crippen LogP contribution < -0.4 is 0 Å². The average molecular weight is 284 g/mol. The van der Waals surface area contributed by atoms with E-state index < -0.39 is 0 Å². The van der Waals surface area contributed by atoms with Crippen molar-refractivity contribution in [2.75, 3.05) is 0 Å². The van der Waals surface area contributed by atoms with Crippen molar-refractivity contribution in [3.63, 3.8) is 0 Å². The van der Waals surface area contributed by atoms with Crippen molar-refractivity contribution < 1.29 is 0 Å². The Labute approximate surface area is 122 Å². The lowest BCUT2D eigenvalue weighted by atomic mass is 10.1. The van der Waals surface area contributed by atoms with Gasteiger partial charge in [-0.2, -0.15) is 5.10 Å². The molecular formula is C15H16N4S. The lowest BCUT2D eigenvalue weighted by Crippen LogP contribution is -2.14. The Kier molecular flexibility index (Phi) is 3.52. The first kappa shape index (κ1) is 12.9. The van der Waals surface area contributed by atoms with Crippen LogP contribution in [0.25, 0.3) is 11.3 Å². The summed E-state index contributed by atoms with van der Waals surface area (Å²) < 4.78 is 4.81. The van der Waals surface area contributed by atoms with Crippen molar-refractivity contribution in [1.29, 1.82) is 0 Å². The van der Waals surface area contributed by atoms with Crippen LogP contribution in [0.5, 0.6) is 0 Å². The van der Waals surface area contributed by atoms with Crippen molar-refractivity contribution in [3.8, 4) is 11.3 Å². The van der Waals surface area contributed by atoms with Gasteiger partial charge in [0.1, 0.15) is 0 Å². The highest BCUT2D eigenvalue weighted by atomic mass is 32.1. The van der Waals surface area contributed by atoms with Crippen LogP contribution in [0.2, 0.25) is 0 Å². The van der Waals surface area contributed by atoms with E-state index in [-0.39, 0.29) is 6.04 Å². The molecule has 1 N–H and O–H groups in total. The molecule has 2 aromatic heterocycles. The number of imidazole rings is 1. The van der Waals surface area contributed by atoms with E-state index >= 15 is 0 Å². The normalized spacial score (nSPS) is 12.4. The molecular weight excluding hydrogens is 268 g/mol. The zero-order valence-corrected chi connectivity index (χ0v) is 12.0. The van der Waals surface area contributed by atoms with Crippen molar-refractivity contribution in [3.05, 3.63) is 59.8 Å². The second-order valence-corrected chi connectivity index (χ2v) is 5.18. The minimum atomic E-state index is 0.226. The molecule has 3 aromatic rings. The first-order chi connectivity index (χ1) is 9.75. The molecule has 4 nitrogen and oxygen atoms in total. The SMILES string of the molecule is CC(Cn1cccn1)n1c(-c2ccccc2)c[nH]c1=S. The second-order valence-electron chi connectivity index (χ2n) is 4.79. The van der Waals surface area contributed by atoms with Gasteiger partial charge >= 0.3 is 0 Å². The highest BCUT2D eigenvalue weighted by molar-refractivity contribution is 7.71. The fourth-order valence-corrected chi connectivity index (χ4v) is 2.75. The van der Waals surface area contributed by atoms with Gasteiger partial charge < -0.3 is 9.55 Å². The molecule has 0 fully saturated rings. The van der Waals surface area contributed by atoms with Crippen LogP contribution in [-0.4, -0.2) is 19.3 Å². The molecule has 20 heavy (non-hydrogen) atoms. The predicted molar refractivity (Wildman–Crippen MR) is 82.0 cm³/mol. The number of aromatic amines is 1. The van der Waals surface area contributed by atoms with E-state index in [9.17, 15) is 0 Å². The topological polar surface area (TPSA) is 38.5 Å². The zero-order valence-electron chi connectivity index (χ0n) is 11.2. The van der Waals surface area contributed by atoms with E-state index in [4.69, 9.17) is 12.2 Å². The number of hydrogen-bond acceptors (Lipinski definition) is 2. The number of H-pyrrole nitrogens is 1. The van der Waals surface area contributed by atoms with Crippen molar-refractivity contribution in [2.45, 2.75) is 19.5 Å². The first-order valence-corrected chi connectivity index (χ1v) is 6.99. The molecule has 0 spiro atoms. The van der Waals surface area contributed by atoms with E-state index in [1.807, 2.05) is 41.3 Å². The number of hydrogen-bond donors (Lipinski definition) is 1. The molecule has 102 valence electrons. The van der Waals surface area contributed by atoms with Crippen LogP contribution >= 0.6 is 12.2 Å². The molecule has 0 saturated carbocycles. The van der Waals surface area contributed by atoms with Gasteiger partial charge in [-0.15, -0.1) is 0 Å². The van der Waals surface area contributed by atoms with Gasteiger partial charge in [0.2, 0.25) is 0 Å². The van der Waals surface area contributed by atoms with E-state index in [1.54, 1.807) is 6.20 Å². The van der Waals surface area contributed by atoms with Gasteiger partial charge in [-0.1, -0.05) is 30.3 Å². The van der Waals surface area contributed by atoms with Gasteiger partial charge in [-0.25, -0.2) is 0 Å². The third kappa shape index (κ3) is 2.44. The fourth-order valence-electron chi connectivity index (χ4n) is 2.41. The third-order valence-corrected chi connectivity index (χ3v) is 3.65. The number of benzene rings is 1. The summed E-state index contributed by atoms with van der Waals surface area (Å²) in [7, 11) is 0. The van der Waals surface area contributed by atoms with Gasteiger partial charge in [0.05, 0.1) is 18.3 Å². The Hall–Kier alpha value is -2.14. The highest BCUT2D eigenvalue weighted by Crippen LogP contribution is 2.23. The van der Waals surface area contributed by atoms with Gasteiger partial charge in [-0.05, 0) is 30.8 Å². The van der Waals surface area contributed by atoms with Crippen molar-refractivity contribution in [1.82, 2.24) is 19.3 Å². The highest BCUT2D eigenvalue weighted by Gasteiger charge is 2.13. The van der Waals surface area contributed by atoms with E-state index in [0.717, 1.165) is 22.6 Å². The maximum atomic E-state index is 5.42. The monoisotopic (exact) mass is 284 g/mol. The van der Waals surface area contributed by atoms with Gasteiger partial charge in [-0.3, -0.25) is 4.68 Å². The summed E-state index contributed by atoms with van der Waals surface area (Å²) >= 11 is 5.42. The maximum absolute atomic E-state index is 5.42. The molecule has 1 atom stereocenters. The molecule has 5 heteroatoms. The summed E-state index contributed by atoms with van der Waals surface area (Å²) in [6.45, 7) is 2.94. The minimum Gasteiger partial charge on any atom is -0.337 e. The molecule has 0 amide bonds. The zero-order chi connectivity index (χ0) is 13.9. The molecule has 3 rings (SSSR count). The smallest absolute Gasteiger partial charge is 0.177 e. The number of aromatic nitrogens is 4. The third-order valence-electron chi connectivity index (χ3n) is 3.33. The summed E-state index contributed by atoms with van der Waals surface area (Å²) in [5.41, 5.74) is 2.27. The van der Waals surface area contributed by atoms with Crippen LogP contribution in [0.15, 0.2) is 55.0 Å². The number of nitrogens with zero attached hydrogens (tertiary/aromatic N) is 3. The van der Waals surface area contributed by atoms with Crippen LogP contribution in [0.4, 0.5) is 0 Å². The summed E-state index contributed by atoms with van der Waals surface area (Å²) in [5, 5.41) is 4.26. The Morgan fingerprint density at radius 2 is 2.05 bits per heavy atom. The Morgan fingerprint density at radius 3 is 2.75 bits per heavy atom. The predicted octanol–water partition coefficient (Wildman–Crippen LogP) is 3.67. The summed E-state index contributed by atoms with van der Waals surface area (Å²) in [6.07, 6.45) is 5.73. The molecule has 0 saturated heterocycles. The lowest BCUT2D eigenvalue weighted by Gasteiger charge is -2.17. The Balaban J connectivity index is 1.97. The molecule has 0 aliphatic rings. The summed E-state index contributed by atoms with van der Waals surface area (Å²) in [5.74, 6) is 0. The fraction of sp³-hybridized carbons (Fsp3) is 0.200. The molecule has 0 aliphatic heterocycles. The Morgan fingerprint density at radius 1 is 1.25 bits per heavy atom. The molecule has 0 radical (unpaired) electrons.